The minimum Gasteiger partial charge on any atom is -0.512 e. The summed E-state index contributed by atoms with van der Waals surface area (Å²) in [7, 11) is 0. The Kier molecular flexibility index (Phi) is 3.77. The van der Waals surface area contributed by atoms with Gasteiger partial charge in [-0.05, 0) is 25.1 Å². The van der Waals surface area contributed by atoms with Gasteiger partial charge in [0.2, 0.25) is 0 Å². The fraction of sp³-hybridized carbons (Fsp3) is 0.182. The predicted octanol–water partition coefficient (Wildman–Crippen LogP) is 3.11. The van der Waals surface area contributed by atoms with Gasteiger partial charge in [-0.25, -0.2) is 0 Å². The molecule has 1 amide bonds. The van der Waals surface area contributed by atoms with Gasteiger partial charge in [0.1, 0.15) is 0 Å². The molecule has 0 saturated carbocycles. The maximum atomic E-state index is 12.4. The van der Waals surface area contributed by atoms with Crippen LogP contribution in [0.2, 0.25) is 0 Å². The number of allylic oxidation sites excluding steroid dienone is 1. The summed E-state index contributed by atoms with van der Waals surface area (Å²) in [5, 5.41) is 11.0. The third kappa shape index (κ3) is 4.18. The van der Waals surface area contributed by atoms with Crippen LogP contribution in [0.1, 0.15) is 12.5 Å². The number of benzene rings is 1. The van der Waals surface area contributed by atoms with Gasteiger partial charge in [-0.3, -0.25) is 4.79 Å². The van der Waals surface area contributed by atoms with Crippen molar-refractivity contribution in [3.63, 3.8) is 0 Å². The van der Waals surface area contributed by atoms with Crippen molar-refractivity contribution in [1.82, 2.24) is 0 Å². The summed E-state index contributed by atoms with van der Waals surface area (Å²) in [6.45, 7) is 1.28. The van der Waals surface area contributed by atoms with Crippen molar-refractivity contribution in [2.45, 2.75) is 13.1 Å². The molecule has 1 rings (SSSR count). The first-order valence-electron chi connectivity index (χ1n) is 4.64. The number of carbonyl (C=O) groups excluding carboxylic acids is 1. The number of carbonyl (C=O) groups is 1. The standard InChI is InChI=1S/C11H10F3NO2/c1-7(16)5-10(17)15-9-4-2-3-8(6-9)11(12,13)14/h2-6,16H,1H3,(H,15,17)/b7-5+. The maximum absolute atomic E-state index is 12.4. The van der Waals surface area contributed by atoms with Gasteiger partial charge in [0, 0.05) is 11.8 Å². The van der Waals surface area contributed by atoms with Crippen molar-refractivity contribution >= 4 is 11.6 Å². The lowest BCUT2D eigenvalue weighted by Crippen LogP contribution is -2.10. The molecule has 0 aliphatic heterocycles. The number of alkyl halides is 3. The Hall–Kier alpha value is -1.98. The number of amides is 1. The van der Waals surface area contributed by atoms with Crippen LogP contribution in [0.4, 0.5) is 18.9 Å². The molecular weight excluding hydrogens is 235 g/mol. The van der Waals surface area contributed by atoms with Crippen molar-refractivity contribution in [3.8, 4) is 0 Å². The van der Waals surface area contributed by atoms with E-state index in [4.69, 9.17) is 5.11 Å². The third-order valence-electron chi connectivity index (χ3n) is 1.80. The Balaban J connectivity index is 2.87. The van der Waals surface area contributed by atoms with E-state index in [1.54, 1.807) is 0 Å². The summed E-state index contributed by atoms with van der Waals surface area (Å²) < 4.78 is 37.1. The summed E-state index contributed by atoms with van der Waals surface area (Å²) in [5.41, 5.74) is -0.831. The molecule has 2 N–H and O–H groups in total. The first-order valence-corrected chi connectivity index (χ1v) is 4.64. The highest BCUT2D eigenvalue weighted by molar-refractivity contribution is 5.99. The van der Waals surface area contributed by atoms with Crippen molar-refractivity contribution in [3.05, 3.63) is 41.7 Å². The van der Waals surface area contributed by atoms with Crippen LogP contribution in [-0.4, -0.2) is 11.0 Å². The highest BCUT2D eigenvalue weighted by Gasteiger charge is 2.30. The van der Waals surface area contributed by atoms with Crippen LogP contribution in [0.15, 0.2) is 36.1 Å². The van der Waals surface area contributed by atoms with Crippen LogP contribution in [0.3, 0.4) is 0 Å². The molecule has 6 heteroatoms. The maximum Gasteiger partial charge on any atom is 0.416 e. The van der Waals surface area contributed by atoms with E-state index in [0.29, 0.717) is 0 Å². The zero-order valence-electron chi connectivity index (χ0n) is 8.88. The monoisotopic (exact) mass is 245 g/mol. The van der Waals surface area contributed by atoms with E-state index in [1.807, 2.05) is 0 Å². The fourth-order valence-electron chi connectivity index (χ4n) is 1.14. The Bertz CT molecular complexity index is 448. The molecule has 0 fully saturated rings. The van der Waals surface area contributed by atoms with E-state index < -0.39 is 17.6 Å². The number of anilines is 1. The number of aliphatic hydroxyl groups is 1. The molecule has 0 atom stereocenters. The molecule has 92 valence electrons. The molecule has 1 aromatic carbocycles. The Labute approximate surface area is 95.6 Å². The van der Waals surface area contributed by atoms with E-state index in [0.717, 1.165) is 18.2 Å². The second kappa shape index (κ2) is 4.90. The Morgan fingerprint density at radius 1 is 1.41 bits per heavy atom. The Morgan fingerprint density at radius 3 is 2.59 bits per heavy atom. The van der Waals surface area contributed by atoms with Gasteiger partial charge in [-0.2, -0.15) is 13.2 Å². The molecule has 0 radical (unpaired) electrons. The summed E-state index contributed by atoms with van der Waals surface area (Å²) in [6.07, 6.45) is -3.58. The van der Waals surface area contributed by atoms with Crippen molar-refractivity contribution in [1.29, 1.82) is 0 Å². The molecule has 0 saturated heterocycles. The first kappa shape index (κ1) is 13.1. The summed E-state index contributed by atoms with van der Waals surface area (Å²) in [4.78, 5) is 11.2. The summed E-state index contributed by atoms with van der Waals surface area (Å²) in [6, 6.07) is 4.24. The minimum absolute atomic E-state index is 0.0160. The summed E-state index contributed by atoms with van der Waals surface area (Å²) >= 11 is 0. The molecule has 3 nitrogen and oxygen atoms in total. The Morgan fingerprint density at radius 2 is 2.06 bits per heavy atom. The second-order valence-electron chi connectivity index (χ2n) is 3.35. The van der Waals surface area contributed by atoms with E-state index in [9.17, 15) is 18.0 Å². The van der Waals surface area contributed by atoms with E-state index in [1.165, 1.54) is 19.1 Å². The molecule has 0 aliphatic rings. The van der Waals surface area contributed by atoms with Gasteiger partial charge in [0.05, 0.1) is 11.3 Å². The lowest BCUT2D eigenvalue weighted by Gasteiger charge is -2.08. The van der Waals surface area contributed by atoms with Gasteiger partial charge in [0.15, 0.2) is 0 Å². The van der Waals surface area contributed by atoms with Gasteiger partial charge in [-0.15, -0.1) is 0 Å². The van der Waals surface area contributed by atoms with E-state index in [2.05, 4.69) is 5.32 Å². The number of rotatable bonds is 2. The highest BCUT2D eigenvalue weighted by atomic mass is 19.4. The SMILES string of the molecule is C/C(O)=C\C(=O)Nc1cccc(C(F)(F)F)c1. The number of hydrogen-bond acceptors (Lipinski definition) is 2. The third-order valence-corrected chi connectivity index (χ3v) is 1.80. The zero-order valence-corrected chi connectivity index (χ0v) is 8.88. The van der Waals surface area contributed by atoms with Crippen molar-refractivity contribution in [2.24, 2.45) is 0 Å². The normalized spacial score (nSPS) is 12.4. The van der Waals surface area contributed by atoms with E-state index >= 15 is 0 Å². The molecule has 0 aliphatic carbocycles. The number of hydrogen-bond donors (Lipinski definition) is 2. The number of aliphatic hydroxyl groups excluding tert-OH is 1. The lowest BCUT2D eigenvalue weighted by molar-refractivity contribution is -0.137. The molecule has 0 aromatic heterocycles. The van der Waals surface area contributed by atoms with Crippen LogP contribution in [0.5, 0.6) is 0 Å². The quantitative estimate of drug-likeness (QED) is 0.621. The van der Waals surface area contributed by atoms with Gasteiger partial charge in [0.25, 0.3) is 5.91 Å². The molecule has 0 bridgehead atoms. The van der Waals surface area contributed by atoms with Crippen LogP contribution >= 0.6 is 0 Å². The molecule has 17 heavy (non-hydrogen) atoms. The largest absolute Gasteiger partial charge is 0.512 e. The number of halogens is 3. The number of nitrogens with one attached hydrogen (secondary N) is 1. The smallest absolute Gasteiger partial charge is 0.416 e. The van der Waals surface area contributed by atoms with E-state index in [-0.39, 0.29) is 11.4 Å². The average Bonchev–Trinajstić information content (AvgIpc) is 2.15. The predicted molar refractivity (Wildman–Crippen MR) is 56.5 cm³/mol. The van der Waals surface area contributed by atoms with Crippen molar-refractivity contribution in [2.75, 3.05) is 5.32 Å². The van der Waals surface area contributed by atoms with Crippen LogP contribution < -0.4 is 5.32 Å². The molecule has 0 spiro atoms. The highest BCUT2D eigenvalue weighted by Crippen LogP contribution is 2.30. The van der Waals surface area contributed by atoms with Crippen LogP contribution in [-0.2, 0) is 11.0 Å². The minimum atomic E-state index is -4.45. The molecular formula is C11H10F3NO2. The molecule has 1 aromatic rings. The van der Waals surface area contributed by atoms with Crippen LogP contribution in [0.25, 0.3) is 0 Å². The van der Waals surface area contributed by atoms with Crippen LogP contribution in [0, 0.1) is 0 Å². The molecule has 0 unspecified atom stereocenters. The van der Waals surface area contributed by atoms with Crippen molar-refractivity contribution < 1.29 is 23.1 Å². The topological polar surface area (TPSA) is 49.3 Å². The second-order valence-corrected chi connectivity index (χ2v) is 3.35. The van der Waals surface area contributed by atoms with Gasteiger partial charge in [-0.1, -0.05) is 6.07 Å². The molecule has 0 heterocycles. The van der Waals surface area contributed by atoms with Gasteiger partial charge < -0.3 is 10.4 Å². The average molecular weight is 245 g/mol. The first-order chi connectivity index (χ1) is 7.79. The van der Waals surface area contributed by atoms with Gasteiger partial charge >= 0.3 is 6.18 Å². The summed E-state index contributed by atoms with van der Waals surface area (Å²) in [5.74, 6) is -0.918. The lowest BCUT2D eigenvalue weighted by atomic mass is 10.2. The fourth-order valence-corrected chi connectivity index (χ4v) is 1.14. The zero-order chi connectivity index (χ0) is 13.1.